The van der Waals surface area contributed by atoms with E-state index in [1.54, 1.807) is 24.3 Å². The van der Waals surface area contributed by atoms with Gasteiger partial charge in [0.05, 0.1) is 18.6 Å². The first-order valence-electron chi connectivity index (χ1n) is 9.12. The number of nitrogens with zero attached hydrogens (tertiary/aromatic N) is 3. The van der Waals surface area contributed by atoms with Gasteiger partial charge in [0.1, 0.15) is 16.8 Å². The molecule has 0 saturated carbocycles. The number of amides is 3. The van der Waals surface area contributed by atoms with Crippen molar-refractivity contribution in [2.24, 2.45) is 10.2 Å². The molecule has 160 valence electrons. The number of rotatable bonds is 6. The molecule has 3 heterocycles. The zero-order chi connectivity index (χ0) is 21.8. The van der Waals surface area contributed by atoms with Gasteiger partial charge < -0.3 is 15.1 Å². The second-order valence-electron chi connectivity index (χ2n) is 6.50. The summed E-state index contributed by atoms with van der Waals surface area (Å²) >= 11 is 5.61. The highest BCUT2D eigenvalue weighted by Gasteiger charge is 2.40. The summed E-state index contributed by atoms with van der Waals surface area (Å²) in [7, 11) is 0. The van der Waals surface area contributed by atoms with Crippen LogP contribution in [0.2, 0.25) is 0 Å². The number of anilines is 1. The van der Waals surface area contributed by atoms with Gasteiger partial charge in [-0.3, -0.25) is 19.3 Å². The average molecular weight is 522 g/mol. The topological polar surface area (TPSA) is 116 Å². The maximum absolute atomic E-state index is 13.0. The van der Waals surface area contributed by atoms with Gasteiger partial charge in [0.15, 0.2) is 5.17 Å². The van der Waals surface area contributed by atoms with Crippen LogP contribution >= 0.6 is 39.5 Å². The van der Waals surface area contributed by atoms with Crippen LogP contribution in [0.15, 0.2) is 61.8 Å². The zero-order valence-electron chi connectivity index (χ0n) is 15.9. The third-order valence-electron chi connectivity index (χ3n) is 4.26. The molecular weight excluding hydrogens is 506 g/mol. The Morgan fingerprint density at radius 2 is 2.06 bits per heavy atom. The Hall–Kier alpha value is -2.57. The molecule has 2 aliphatic rings. The van der Waals surface area contributed by atoms with Gasteiger partial charge in [-0.15, -0.1) is 10.2 Å². The van der Waals surface area contributed by atoms with E-state index in [-0.39, 0.29) is 30.0 Å². The fraction of sp³-hybridized carbons (Fsp3) is 0.211. The minimum absolute atomic E-state index is 0.0175. The summed E-state index contributed by atoms with van der Waals surface area (Å²) in [5.74, 6) is 0.865. The maximum atomic E-state index is 13.0. The molecule has 0 unspecified atom stereocenters. The highest BCUT2D eigenvalue weighted by molar-refractivity contribution is 9.10. The number of nitrogens with one attached hydrogen (secondary N) is 2. The van der Waals surface area contributed by atoms with E-state index in [0.29, 0.717) is 28.2 Å². The summed E-state index contributed by atoms with van der Waals surface area (Å²) in [4.78, 5) is 38.2. The van der Waals surface area contributed by atoms with Gasteiger partial charge in [0.2, 0.25) is 11.8 Å². The molecule has 0 radical (unpaired) electrons. The first-order chi connectivity index (χ1) is 15.0. The number of hydrogen-bond acceptors (Lipinski definition) is 8. The van der Waals surface area contributed by atoms with Gasteiger partial charge in [0, 0.05) is 16.6 Å². The van der Waals surface area contributed by atoms with Crippen molar-refractivity contribution in [2.45, 2.75) is 18.2 Å². The number of halogens is 1. The Morgan fingerprint density at radius 3 is 2.74 bits per heavy atom. The second-order valence-corrected chi connectivity index (χ2v) is 9.53. The van der Waals surface area contributed by atoms with E-state index < -0.39 is 5.25 Å². The number of carbonyl (C=O) groups is 3. The Labute approximate surface area is 194 Å². The number of carbonyl (C=O) groups excluding carboxylic acids is 3. The van der Waals surface area contributed by atoms with E-state index in [2.05, 4.69) is 36.8 Å². The molecule has 0 bridgehead atoms. The van der Waals surface area contributed by atoms with Crippen molar-refractivity contribution < 1.29 is 18.8 Å². The standard InChI is InChI=1S/C19H16BrN5O4S2/c20-11-3-5-12(6-4-11)21-16(26)8-14-17(27)25(9-13-2-1-7-29-13)18(31-14)24-23-15-10-30-19(28)22-15/h1-7,14H,8-10H2,(H,21,26)(H,22,23,28)/b24-18-/t14-/m0/s1. The predicted octanol–water partition coefficient (Wildman–Crippen LogP) is 3.64. The minimum Gasteiger partial charge on any atom is -0.467 e. The Kier molecular flexibility index (Phi) is 6.78. The summed E-state index contributed by atoms with van der Waals surface area (Å²) in [6.45, 7) is 0.175. The fourth-order valence-electron chi connectivity index (χ4n) is 2.81. The molecule has 2 fully saturated rings. The molecular formula is C19H16BrN5O4S2. The third kappa shape index (κ3) is 5.57. The Morgan fingerprint density at radius 1 is 1.26 bits per heavy atom. The zero-order valence-corrected chi connectivity index (χ0v) is 19.1. The molecule has 9 nitrogen and oxygen atoms in total. The van der Waals surface area contributed by atoms with Gasteiger partial charge in [-0.05, 0) is 36.4 Å². The number of furan rings is 1. The highest BCUT2D eigenvalue weighted by atomic mass is 79.9. The third-order valence-corrected chi connectivity index (χ3v) is 6.73. The number of thioether (sulfide) groups is 2. The van der Waals surface area contributed by atoms with Gasteiger partial charge in [-0.25, -0.2) is 0 Å². The number of hydrogen-bond donors (Lipinski definition) is 2. The van der Waals surface area contributed by atoms with Crippen LogP contribution in [0, 0.1) is 0 Å². The molecule has 3 amide bonds. The number of benzene rings is 1. The summed E-state index contributed by atoms with van der Waals surface area (Å²) in [5, 5.41) is 13.1. The second kappa shape index (κ2) is 9.71. The first-order valence-corrected chi connectivity index (χ1v) is 11.8. The first kappa shape index (κ1) is 21.7. The molecule has 2 saturated heterocycles. The number of amidine groups is 2. The summed E-state index contributed by atoms with van der Waals surface area (Å²) in [6.07, 6.45) is 1.50. The van der Waals surface area contributed by atoms with Crippen molar-refractivity contribution in [1.82, 2.24) is 10.2 Å². The SMILES string of the molecule is O=C(C[C@@H]1S/C(=N\N=C2\CSC(=O)N2)N(Cc2ccco2)C1=O)Nc1ccc(Br)cc1. The van der Waals surface area contributed by atoms with Crippen molar-refractivity contribution >= 4 is 73.2 Å². The molecule has 0 aliphatic carbocycles. The minimum atomic E-state index is -0.642. The Bertz CT molecular complexity index is 1060. The molecule has 12 heteroatoms. The summed E-state index contributed by atoms with van der Waals surface area (Å²) in [6, 6.07) is 10.7. The van der Waals surface area contributed by atoms with Gasteiger partial charge in [-0.1, -0.05) is 39.5 Å². The van der Waals surface area contributed by atoms with Crippen molar-refractivity contribution in [3.8, 4) is 0 Å². The maximum Gasteiger partial charge on any atom is 0.284 e. The van der Waals surface area contributed by atoms with Crippen LogP contribution in [0.3, 0.4) is 0 Å². The lowest BCUT2D eigenvalue weighted by Gasteiger charge is -2.14. The fourth-order valence-corrected chi connectivity index (χ4v) is 4.75. The molecule has 2 aromatic rings. The van der Waals surface area contributed by atoms with Crippen LogP contribution in [0.25, 0.3) is 0 Å². The lowest BCUT2D eigenvalue weighted by Crippen LogP contribution is -2.33. The molecule has 2 aliphatic heterocycles. The monoisotopic (exact) mass is 521 g/mol. The predicted molar refractivity (Wildman–Crippen MR) is 124 cm³/mol. The van der Waals surface area contributed by atoms with Gasteiger partial charge in [0.25, 0.3) is 5.24 Å². The lowest BCUT2D eigenvalue weighted by atomic mass is 10.2. The van der Waals surface area contributed by atoms with Crippen LogP contribution in [-0.2, 0) is 16.1 Å². The van der Waals surface area contributed by atoms with E-state index in [4.69, 9.17) is 4.42 Å². The van der Waals surface area contributed by atoms with Crippen molar-refractivity contribution in [2.75, 3.05) is 11.1 Å². The molecule has 31 heavy (non-hydrogen) atoms. The normalized spacial score (nSPS) is 21.2. The molecule has 1 atom stereocenters. The molecule has 2 N–H and O–H groups in total. The summed E-state index contributed by atoms with van der Waals surface area (Å²) < 4.78 is 6.25. The van der Waals surface area contributed by atoms with Gasteiger partial charge >= 0.3 is 0 Å². The molecule has 0 spiro atoms. The van der Waals surface area contributed by atoms with Crippen LogP contribution in [0.1, 0.15) is 12.2 Å². The van der Waals surface area contributed by atoms with Crippen molar-refractivity contribution in [3.63, 3.8) is 0 Å². The van der Waals surface area contributed by atoms with E-state index in [9.17, 15) is 14.4 Å². The average Bonchev–Trinajstić information content (AvgIpc) is 3.46. The van der Waals surface area contributed by atoms with Crippen LogP contribution < -0.4 is 10.6 Å². The van der Waals surface area contributed by atoms with Gasteiger partial charge in [-0.2, -0.15) is 0 Å². The van der Waals surface area contributed by atoms with E-state index in [1.165, 1.54) is 11.2 Å². The van der Waals surface area contributed by atoms with E-state index in [0.717, 1.165) is 28.0 Å². The van der Waals surface area contributed by atoms with E-state index in [1.807, 2.05) is 12.1 Å². The summed E-state index contributed by atoms with van der Waals surface area (Å²) in [5.41, 5.74) is 0.644. The highest BCUT2D eigenvalue weighted by Crippen LogP contribution is 2.31. The van der Waals surface area contributed by atoms with Crippen molar-refractivity contribution in [3.05, 3.63) is 52.9 Å². The molecule has 1 aromatic heterocycles. The van der Waals surface area contributed by atoms with Crippen molar-refractivity contribution in [1.29, 1.82) is 0 Å². The van der Waals surface area contributed by atoms with E-state index >= 15 is 0 Å². The Balaban J connectivity index is 1.48. The quantitative estimate of drug-likeness (QED) is 0.560. The lowest BCUT2D eigenvalue weighted by molar-refractivity contribution is -0.128. The molecule has 4 rings (SSSR count). The van der Waals surface area contributed by atoms with Crippen LogP contribution in [-0.4, -0.2) is 44.0 Å². The van der Waals surface area contributed by atoms with Crippen LogP contribution in [0.5, 0.6) is 0 Å². The molecule has 1 aromatic carbocycles. The largest absolute Gasteiger partial charge is 0.467 e. The smallest absolute Gasteiger partial charge is 0.284 e. The van der Waals surface area contributed by atoms with Crippen LogP contribution in [0.4, 0.5) is 10.5 Å².